The highest BCUT2D eigenvalue weighted by Crippen LogP contribution is 2.46. The number of carbonyl (C=O) groups excluding carboxylic acids is 1. The van der Waals surface area contributed by atoms with Crippen LogP contribution < -0.4 is 4.90 Å². The van der Waals surface area contributed by atoms with Crippen LogP contribution in [0.4, 0.5) is 19.0 Å². The number of amides is 1. The number of hydrogen-bond acceptors (Lipinski definition) is 4. The van der Waals surface area contributed by atoms with Crippen LogP contribution in [0.25, 0.3) is 0 Å². The van der Waals surface area contributed by atoms with E-state index in [1.54, 1.807) is 0 Å². The number of aromatic nitrogens is 2. The number of alkyl halides is 3. The van der Waals surface area contributed by atoms with Crippen LogP contribution in [0.1, 0.15) is 25.0 Å². The standard InChI is InChI=1S/C18H19F3N4O/c19-18(20,21)15-6-16(23-9-22-15)24-7-12-5-13(8-24)25(12)17(26)14-4-10-1-2-11(14)3-10/h1-2,6,9-14H,3-5,7-8H2. The number of rotatable bonds is 2. The molecule has 3 saturated heterocycles. The molecule has 0 spiro atoms. The van der Waals surface area contributed by atoms with Gasteiger partial charge in [0.25, 0.3) is 0 Å². The number of hydrogen-bond donors (Lipinski definition) is 0. The summed E-state index contributed by atoms with van der Waals surface area (Å²) in [6, 6.07) is 1.15. The highest BCUT2D eigenvalue weighted by atomic mass is 19.4. The lowest BCUT2D eigenvalue weighted by atomic mass is 9.83. The molecule has 0 aromatic carbocycles. The molecule has 3 aliphatic heterocycles. The van der Waals surface area contributed by atoms with Crippen LogP contribution in [-0.2, 0) is 11.0 Å². The molecular weight excluding hydrogens is 345 g/mol. The normalized spacial score (nSPS) is 35.0. The summed E-state index contributed by atoms with van der Waals surface area (Å²) >= 11 is 0. The number of carbonyl (C=O) groups is 1. The van der Waals surface area contributed by atoms with Crippen LogP contribution in [0.15, 0.2) is 24.5 Å². The summed E-state index contributed by atoms with van der Waals surface area (Å²) in [5.41, 5.74) is -0.927. The van der Waals surface area contributed by atoms with Crippen molar-refractivity contribution in [3.8, 4) is 0 Å². The van der Waals surface area contributed by atoms with Crippen LogP contribution in [0, 0.1) is 17.8 Å². The molecular formula is C18H19F3N4O. The van der Waals surface area contributed by atoms with E-state index in [9.17, 15) is 18.0 Å². The van der Waals surface area contributed by atoms with Gasteiger partial charge in [0, 0.05) is 25.1 Å². The molecule has 1 amide bonds. The smallest absolute Gasteiger partial charge is 0.352 e. The van der Waals surface area contributed by atoms with Gasteiger partial charge in [0.2, 0.25) is 5.91 Å². The molecule has 5 atom stereocenters. The average Bonchev–Trinajstić information content (AvgIpc) is 3.24. The molecule has 26 heavy (non-hydrogen) atoms. The van der Waals surface area contributed by atoms with Crippen molar-refractivity contribution in [2.45, 2.75) is 37.5 Å². The van der Waals surface area contributed by atoms with Gasteiger partial charge >= 0.3 is 6.18 Å². The van der Waals surface area contributed by atoms with E-state index >= 15 is 0 Å². The van der Waals surface area contributed by atoms with Crippen molar-refractivity contribution in [1.82, 2.24) is 14.9 Å². The van der Waals surface area contributed by atoms with Gasteiger partial charge in [-0.2, -0.15) is 13.2 Å². The zero-order valence-corrected chi connectivity index (χ0v) is 14.1. The molecule has 0 radical (unpaired) electrons. The minimum absolute atomic E-state index is 0.0775. The van der Waals surface area contributed by atoms with E-state index in [2.05, 4.69) is 22.1 Å². The first-order chi connectivity index (χ1) is 12.4. The van der Waals surface area contributed by atoms with Gasteiger partial charge in [0.15, 0.2) is 0 Å². The van der Waals surface area contributed by atoms with Crippen LogP contribution in [0.3, 0.4) is 0 Å². The van der Waals surface area contributed by atoms with Gasteiger partial charge in [-0.15, -0.1) is 0 Å². The Kier molecular flexibility index (Phi) is 3.36. The summed E-state index contributed by atoms with van der Waals surface area (Å²) in [6.07, 6.45) is 3.85. The van der Waals surface area contributed by atoms with Gasteiger partial charge in [0.05, 0.1) is 12.1 Å². The summed E-state index contributed by atoms with van der Waals surface area (Å²) in [5.74, 6) is 1.55. The van der Waals surface area contributed by atoms with E-state index in [4.69, 9.17) is 0 Å². The molecule has 1 aromatic heterocycles. The first-order valence-corrected chi connectivity index (χ1v) is 9.05. The van der Waals surface area contributed by atoms with E-state index < -0.39 is 11.9 Å². The zero-order chi connectivity index (χ0) is 18.1. The largest absolute Gasteiger partial charge is 0.433 e. The lowest BCUT2D eigenvalue weighted by Crippen LogP contribution is -2.71. The van der Waals surface area contributed by atoms with Crippen LogP contribution >= 0.6 is 0 Å². The van der Waals surface area contributed by atoms with Gasteiger partial charge in [-0.05, 0) is 31.1 Å². The second kappa shape index (κ2) is 5.44. The summed E-state index contributed by atoms with van der Waals surface area (Å²) in [7, 11) is 0. The third kappa shape index (κ3) is 2.41. The predicted molar refractivity (Wildman–Crippen MR) is 87.1 cm³/mol. The van der Waals surface area contributed by atoms with Crippen molar-refractivity contribution in [1.29, 1.82) is 0 Å². The molecule has 2 aliphatic carbocycles. The number of anilines is 1. The molecule has 4 bridgehead atoms. The molecule has 0 N–H and O–H groups in total. The van der Waals surface area contributed by atoms with E-state index in [1.165, 1.54) is 0 Å². The summed E-state index contributed by atoms with van der Waals surface area (Å²) < 4.78 is 38.6. The minimum atomic E-state index is -4.48. The van der Waals surface area contributed by atoms with Crippen molar-refractivity contribution in [3.63, 3.8) is 0 Å². The second-order valence-corrected chi connectivity index (χ2v) is 7.84. The summed E-state index contributed by atoms with van der Waals surface area (Å²) in [4.78, 5) is 24.1. The Bertz CT molecular complexity index is 768. The number of nitrogens with zero attached hydrogens (tertiary/aromatic N) is 4. The molecule has 4 heterocycles. The molecule has 6 rings (SSSR count). The second-order valence-electron chi connectivity index (χ2n) is 7.84. The van der Waals surface area contributed by atoms with Crippen LogP contribution in [-0.4, -0.2) is 45.9 Å². The highest BCUT2D eigenvalue weighted by Gasteiger charge is 2.51. The van der Waals surface area contributed by atoms with Gasteiger partial charge in [0.1, 0.15) is 17.8 Å². The third-order valence-corrected chi connectivity index (χ3v) is 6.31. The van der Waals surface area contributed by atoms with Crippen LogP contribution in [0.2, 0.25) is 0 Å². The zero-order valence-electron chi connectivity index (χ0n) is 14.1. The van der Waals surface area contributed by atoms with Gasteiger partial charge < -0.3 is 9.80 Å². The van der Waals surface area contributed by atoms with Crippen LogP contribution in [0.5, 0.6) is 0 Å². The lowest BCUT2D eigenvalue weighted by Gasteiger charge is -2.57. The molecule has 4 fully saturated rings. The van der Waals surface area contributed by atoms with Gasteiger partial charge in [-0.3, -0.25) is 4.79 Å². The third-order valence-electron chi connectivity index (χ3n) is 6.31. The Morgan fingerprint density at radius 2 is 1.85 bits per heavy atom. The quantitative estimate of drug-likeness (QED) is 0.757. The molecule has 5 aliphatic rings. The fourth-order valence-corrected chi connectivity index (χ4v) is 5.09. The monoisotopic (exact) mass is 364 g/mol. The topological polar surface area (TPSA) is 49.3 Å². The SMILES string of the molecule is O=C(C1CC2C=CC1C2)N1C2CC1CN(c1cc(C(F)(F)F)ncn1)C2. The maximum absolute atomic E-state index is 13.0. The summed E-state index contributed by atoms with van der Waals surface area (Å²) in [5, 5.41) is 0. The van der Waals surface area contributed by atoms with E-state index in [0.29, 0.717) is 24.9 Å². The van der Waals surface area contributed by atoms with E-state index in [-0.39, 0.29) is 29.7 Å². The Balaban J connectivity index is 1.29. The molecule has 1 aromatic rings. The number of piperazine rings is 1. The van der Waals surface area contributed by atoms with E-state index in [0.717, 1.165) is 31.7 Å². The maximum Gasteiger partial charge on any atom is 0.433 e. The Morgan fingerprint density at radius 3 is 2.46 bits per heavy atom. The van der Waals surface area contributed by atoms with E-state index in [1.807, 2.05) is 9.80 Å². The molecule has 138 valence electrons. The molecule has 5 nitrogen and oxygen atoms in total. The number of piperidine rings is 1. The first-order valence-electron chi connectivity index (χ1n) is 9.05. The molecule has 1 saturated carbocycles. The highest BCUT2D eigenvalue weighted by molar-refractivity contribution is 5.82. The Hall–Kier alpha value is -2.12. The van der Waals surface area contributed by atoms with Crippen molar-refractivity contribution >= 4 is 11.7 Å². The molecule has 5 unspecified atom stereocenters. The lowest BCUT2D eigenvalue weighted by molar-refractivity contribution is -0.151. The predicted octanol–water partition coefficient (Wildman–Crippen LogP) is 2.50. The number of fused-ring (bicyclic) bond motifs is 4. The maximum atomic E-state index is 13.0. The van der Waals surface area contributed by atoms with Crippen molar-refractivity contribution in [2.24, 2.45) is 17.8 Å². The average molecular weight is 364 g/mol. The van der Waals surface area contributed by atoms with Crippen molar-refractivity contribution in [3.05, 3.63) is 30.2 Å². The fraction of sp³-hybridized carbons (Fsp3) is 0.611. The number of halogens is 3. The summed E-state index contributed by atoms with van der Waals surface area (Å²) in [6.45, 7) is 1.07. The van der Waals surface area contributed by atoms with Gasteiger partial charge in [-0.1, -0.05) is 12.2 Å². The van der Waals surface area contributed by atoms with Crippen molar-refractivity contribution < 1.29 is 18.0 Å². The first kappa shape index (κ1) is 16.1. The number of allylic oxidation sites excluding steroid dienone is 2. The van der Waals surface area contributed by atoms with Gasteiger partial charge in [-0.25, -0.2) is 9.97 Å². The minimum Gasteiger partial charge on any atom is -0.352 e. The fourth-order valence-electron chi connectivity index (χ4n) is 5.09. The Labute approximate surface area is 148 Å². The van der Waals surface area contributed by atoms with Crippen molar-refractivity contribution in [2.75, 3.05) is 18.0 Å². The molecule has 8 heteroatoms. The Morgan fingerprint density at radius 1 is 1.08 bits per heavy atom.